The van der Waals surface area contributed by atoms with E-state index in [1.807, 2.05) is 12.1 Å². The lowest BCUT2D eigenvalue weighted by Crippen LogP contribution is -2.24. The smallest absolute Gasteiger partial charge is 0.221 e. The summed E-state index contributed by atoms with van der Waals surface area (Å²) >= 11 is 6.36. The molecule has 1 aliphatic rings. The summed E-state index contributed by atoms with van der Waals surface area (Å²) in [4.78, 5) is 13.8. The number of carbonyl (C=O) groups excluding carboxylic acids is 1. The molecule has 23 heavy (non-hydrogen) atoms. The number of hydrogen-bond acceptors (Lipinski definition) is 2. The third kappa shape index (κ3) is 3.57. The second-order valence-corrected chi connectivity index (χ2v) is 6.59. The second kappa shape index (κ2) is 6.73. The van der Waals surface area contributed by atoms with Crippen LogP contribution in [0.5, 0.6) is 0 Å². The van der Waals surface area contributed by atoms with Crippen molar-refractivity contribution in [2.24, 2.45) is 0 Å². The van der Waals surface area contributed by atoms with Crippen LogP contribution in [-0.4, -0.2) is 30.9 Å². The minimum absolute atomic E-state index is 0.103. The van der Waals surface area contributed by atoms with Crippen molar-refractivity contribution >= 4 is 23.2 Å². The zero-order valence-corrected chi connectivity index (χ0v) is 14.2. The van der Waals surface area contributed by atoms with Gasteiger partial charge < -0.3 is 10.2 Å². The Labute approximate surface area is 142 Å². The van der Waals surface area contributed by atoms with Gasteiger partial charge in [0, 0.05) is 25.9 Å². The summed E-state index contributed by atoms with van der Waals surface area (Å²) in [5, 5.41) is 3.45. The Morgan fingerprint density at radius 3 is 2.70 bits per heavy atom. The molecule has 1 aliphatic heterocycles. The van der Waals surface area contributed by atoms with Gasteiger partial charge in [0.25, 0.3) is 0 Å². The number of benzene rings is 2. The van der Waals surface area contributed by atoms with Crippen LogP contribution in [0.2, 0.25) is 5.02 Å². The van der Waals surface area contributed by atoms with Crippen LogP contribution >= 0.6 is 11.6 Å². The Hall–Kier alpha value is -1.84. The minimum atomic E-state index is -0.103. The van der Waals surface area contributed by atoms with E-state index in [9.17, 15) is 4.79 Å². The van der Waals surface area contributed by atoms with Crippen molar-refractivity contribution in [3.63, 3.8) is 0 Å². The molecule has 0 aliphatic carbocycles. The van der Waals surface area contributed by atoms with Gasteiger partial charge in [-0.05, 0) is 42.3 Å². The number of nitrogens with one attached hydrogen (secondary N) is 1. The molecular weight excluding hydrogens is 308 g/mol. The monoisotopic (exact) mass is 328 g/mol. The molecule has 0 bridgehead atoms. The van der Waals surface area contributed by atoms with E-state index in [1.54, 1.807) is 0 Å². The Morgan fingerprint density at radius 2 is 2.00 bits per heavy atom. The van der Waals surface area contributed by atoms with E-state index in [2.05, 4.69) is 47.6 Å². The first kappa shape index (κ1) is 16.0. The number of halogens is 1. The largest absolute Gasteiger partial charge is 0.325 e. The van der Waals surface area contributed by atoms with Gasteiger partial charge in [0.15, 0.2) is 0 Å². The van der Waals surface area contributed by atoms with Crippen molar-refractivity contribution in [3.8, 4) is 0 Å². The lowest BCUT2D eigenvalue weighted by molar-refractivity contribution is -0.114. The van der Waals surface area contributed by atoms with E-state index in [-0.39, 0.29) is 11.8 Å². The van der Waals surface area contributed by atoms with Crippen LogP contribution in [0.1, 0.15) is 29.5 Å². The third-order valence-electron chi connectivity index (χ3n) is 4.37. The number of amides is 1. The number of anilines is 1. The van der Waals surface area contributed by atoms with Gasteiger partial charge in [0.05, 0.1) is 10.7 Å². The predicted octanol–water partition coefficient (Wildman–Crippen LogP) is 3.92. The van der Waals surface area contributed by atoms with Gasteiger partial charge in [-0.25, -0.2) is 0 Å². The number of hydrogen-bond donors (Lipinski definition) is 1. The van der Waals surface area contributed by atoms with Gasteiger partial charge in [-0.3, -0.25) is 4.79 Å². The molecule has 1 unspecified atom stereocenters. The molecule has 1 heterocycles. The second-order valence-electron chi connectivity index (χ2n) is 6.19. The van der Waals surface area contributed by atoms with E-state index in [1.165, 1.54) is 23.6 Å². The summed E-state index contributed by atoms with van der Waals surface area (Å²) in [6.07, 6.45) is 0.967. The van der Waals surface area contributed by atoms with Crippen LogP contribution in [0.4, 0.5) is 5.69 Å². The van der Waals surface area contributed by atoms with Gasteiger partial charge in [-0.2, -0.15) is 0 Å². The van der Waals surface area contributed by atoms with Gasteiger partial charge in [0.2, 0.25) is 5.91 Å². The average Bonchev–Trinajstić information content (AvgIpc) is 2.68. The zero-order valence-electron chi connectivity index (χ0n) is 13.5. The van der Waals surface area contributed by atoms with Gasteiger partial charge in [0.1, 0.15) is 0 Å². The molecule has 0 radical (unpaired) electrons. The number of carbonyl (C=O) groups is 1. The van der Waals surface area contributed by atoms with Gasteiger partial charge in [-0.1, -0.05) is 41.9 Å². The lowest BCUT2D eigenvalue weighted by Gasteiger charge is -2.23. The summed E-state index contributed by atoms with van der Waals surface area (Å²) in [7, 11) is 2.15. The standard InChI is InChI=1S/C19H21ClN2O/c1-13(23)21-19-11-16-15(10-18(19)20)8-9-22(2)12-17(16)14-6-4-3-5-7-14/h3-7,10-11,17H,8-9,12H2,1-2H3,(H,21,23). The predicted molar refractivity (Wildman–Crippen MR) is 95.2 cm³/mol. The average molecular weight is 329 g/mol. The first-order valence-corrected chi connectivity index (χ1v) is 8.26. The fourth-order valence-electron chi connectivity index (χ4n) is 3.24. The molecule has 2 aromatic rings. The molecule has 0 fully saturated rings. The van der Waals surface area contributed by atoms with E-state index in [4.69, 9.17) is 11.6 Å². The fourth-order valence-corrected chi connectivity index (χ4v) is 3.47. The maximum absolute atomic E-state index is 11.4. The van der Waals surface area contributed by atoms with Crippen molar-refractivity contribution in [2.45, 2.75) is 19.3 Å². The highest BCUT2D eigenvalue weighted by atomic mass is 35.5. The number of fused-ring (bicyclic) bond motifs is 1. The molecule has 2 aromatic carbocycles. The number of nitrogens with zero attached hydrogens (tertiary/aromatic N) is 1. The maximum atomic E-state index is 11.4. The highest BCUT2D eigenvalue weighted by Gasteiger charge is 2.24. The Kier molecular flexibility index (Phi) is 4.69. The molecule has 4 heteroatoms. The summed E-state index contributed by atoms with van der Waals surface area (Å²) < 4.78 is 0. The quantitative estimate of drug-likeness (QED) is 0.906. The van der Waals surface area contributed by atoms with Crippen molar-refractivity contribution in [3.05, 3.63) is 64.2 Å². The van der Waals surface area contributed by atoms with E-state index in [0.29, 0.717) is 10.7 Å². The summed E-state index contributed by atoms with van der Waals surface area (Å²) in [5.74, 6) is 0.178. The Morgan fingerprint density at radius 1 is 1.26 bits per heavy atom. The Balaban J connectivity index is 2.10. The normalized spacial score (nSPS) is 18.1. The highest BCUT2D eigenvalue weighted by molar-refractivity contribution is 6.33. The van der Waals surface area contributed by atoms with Crippen molar-refractivity contribution < 1.29 is 4.79 Å². The van der Waals surface area contributed by atoms with Crippen LogP contribution in [0.25, 0.3) is 0 Å². The van der Waals surface area contributed by atoms with E-state index < -0.39 is 0 Å². The molecule has 120 valence electrons. The molecular formula is C19H21ClN2O. The van der Waals surface area contributed by atoms with Crippen LogP contribution < -0.4 is 5.32 Å². The topological polar surface area (TPSA) is 32.3 Å². The molecule has 0 spiro atoms. The van der Waals surface area contributed by atoms with E-state index >= 15 is 0 Å². The van der Waals surface area contributed by atoms with Gasteiger partial charge in [-0.15, -0.1) is 0 Å². The summed E-state index contributed by atoms with van der Waals surface area (Å²) in [5.41, 5.74) is 4.51. The Bertz CT molecular complexity index is 715. The summed E-state index contributed by atoms with van der Waals surface area (Å²) in [6.45, 7) is 3.47. The lowest BCUT2D eigenvalue weighted by atomic mass is 9.87. The first-order chi connectivity index (χ1) is 11.0. The molecule has 3 nitrogen and oxygen atoms in total. The number of rotatable bonds is 2. The third-order valence-corrected chi connectivity index (χ3v) is 4.69. The van der Waals surface area contributed by atoms with Crippen LogP contribution in [0, 0.1) is 0 Å². The number of likely N-dealkylation sites (N-methyl/N-ethyl adjacent to an activating group) is 1. The maximum Gasteiger partial charge on any atom is 0.221 e. The highest BCUT2D eigenvalue weighted by Crippen LogP contribution is 2.36. The van der Waals surface area contributed by atoms with Crippen molar-refractivity contribution in [1.82, 2.24) is 4.90 Å². The SMILES string of the molecule is CC(=O)Nc1cc2c(cc1Cl)CCN(C)CC2c1ccccc1. The van der Waals surface area contributed by atoms with Crippen LogP contribution in [-0.2, 0) is 11.2 Å². The molecule has 0 saturated carbocycles. The molecule has 0 saturated heterocycles. The molecule has 3 rings (SSSR count). The molecule has 1 atom stereocenters. The first-order valence-electron chi connectivity index (χ1n) is 7.88. The molecule has 0 aromatic heterocycles. The van der Waals surface area contributed by atoms with Crippen LogP contribution in [0.15, 0.2) is 42.5 Å². The van der Waals surface area contributed by atoms with Crippen LogP contribution in [0.3, 0.4) is 0 Å². The fraction of sp³-hybridized carbons (Fsp3) is 0.316. The van der Waals surface area contributed by atoms with E-state index in [0.717, 1.165) is 19.5 Å². The molecule has 1 N–H and O–H groups in total. The van der Waals surface area contributed by atoms with Gasteiger partial charge >= 0.3 is 0 Å². The minimum Gasteiger partial charge on any atom is -0.325 e. The van der Waals surface area contributed by atoms with Crippen molar-refractivity contribution in [2.75, 3.05) is 25.5 Å². The molecule has 1 amide bonds. The van der Waals surface area contributed by atoms with Crippen molar-refractivity contribution in [1.29, 1.82) is 0 Å². The zero-order chi connectivity index (χ0) is 16.4. The summed E-state index contributed by atoms with van der Waals surface area (Å²) in [6, 6.07) is 14.6.